The zero-order valence-electron chi connectivity index (χ0n) is 17.3. The molecule has 0 saturated heterocycles. The van der Waals surface area contributed by atoms with Gasteiger partial charge in [0.2, 0.25) is 5.91 Å². The number of halogens is 1. The molecule has 1 aliphatic rings. The maximum Gasteiger partial charge on any atom is 0.252 e. The fraction of sp³-hybridized carbons (Fsp3) is 0.417. The van der Waals surface area contributed by atoms with Crippen LogP contribution in [0.25, 0.3) is 0 Å². The second-order valence-electron chi connectivity index (χ2n) is 7.84. The Hall–Kier alpha value is -1.98. The minimum absolute atomic E-state index is 0.0214. The number of hydrogen-bond acceptors (Lipinski definition) is 3. The molecule has 0 spiro atoms. The smallest absolute Gasteiger partial charge is 0.252 e. The Morgan fingerprint density at radius 1 is 1.10 bits per heavy atom. The van der Waals surface area contributed by atoms with Crippen molar-refractivity contribution in [2.45, 2.75) is 50.0 Å². The van der Waals surface area contributed by atoms with E-state index in [9.17, 15) is 9.59 Å². The maximum absolute atomic E-state index is 12.9. The van der Waals surface area contributed by atoms with Gasteiger partial charge in [0.1, 0.15) is 0 Å². The van der Waals surface area contributed by atoms with Crippen molar-refractivity contribution in [1.29, 1.82) is 0 Å². The van der Waals surface area contributed by atoms with Crippen LogP contribution >= 0.6 is 23.4 Å². The predicted molar refractivity (Wildman–Crippen MR) is 124 cm³/mol. The molecule has 4 nitrogen and oxygen atoms in total. The van der Waals surface area contributed by atoms with Crippen LogP contribution in [0.1, 0.15) is 61.0 Å². The van der Waals surface area contributed by atoms with Crippen LogP contribution in [-0.2, 0) is 4.79 Å². The Bertz CT molecular complexity index is 868. The molecule has 0 aliphatic heterocycles. The molecule has 1 aliphatic carbocycles. The molecular weight excluding hydrogens is 416 g/mol. The molecule has 1 fully saturated rings. The highest BCUT2D eigenvalue weighted by Crippen LogP contribution is 2.25. The summed E-state index contributed by atoms with van der Waals surface area (Å²) in [5, 5.41) is 6.72. The third kappa shape index (κ3) is 6.78. The predicted octanol–water partition coefficient (Wildman–Crippen LogP) is 5.62. The van der Waals surface area contributed by atoms with Gasteiger partial charge in [-0.25, -0.2) is 0 Å². The normalized spacial score (nSPS) is 15.4. The summed E-state index contributed by atoms with van der Waals surface area (Å²) in [6, 6.07) is 14.7. The van der Waals surface area contributed by atoms with Gasteiger partial charge in [-0.3, -0.25) is 9.59 Å². The topological polar surface area (TPSA) is 58.2 Å². The Balaban J connectivity index is 1.54. The Morgan fingerprint density at radius 3 is 2.63 bits per heavy atom. The zero-order chi connectivity index (χ0) is 21.3. The molecule has 0 radical (unpaired) electrons. The van der Waals surface area contributed by atoms with E-state index in [1.807, 2.05) is 49.4 Å². The molecule has 6 heteroatoms. The van der Waals surface area contributed by atoms with E-state index in [4.69, 9.17) is 11.6 Å². The van der Waals surface area contributed by atoms with E-state index in [1.54, 1.807) is 6.07 Å². The lowest BCUT2D eigenvalue weighted by Crippen LogP contribution is -2.31. The van der Waals surface area contributed by atoms with Crippen LogP contribution in [0.4, 0.5) is 0 Å². The van der Waals surface area contributed by atoms with Crippen LogP contribution in [0.5, 0.6) is 0 Å². The van der Waals surface area contributed by atoms with Gasteiger partial charge in [0.15, 0.2) is 0 Å². The van der Waals surface area contributed by atoms with Crippen LogP contribution in [0.2, 0.25) is 5.02 Å². The van der Waals surface area contributed by atoms with Crippen LogP contribution in [0.15, 0.2) is 53.4 Å². The van der Waals surface area contributed by atoms with Crippen molar-refractivity contribution in [2.24, 2.45) is 5.92 Å². The summed E-state index contributed by atoms with van der Waals surface area (Å²) in [5.41, 5.74) is 1.53. The van der Waals surface area contributed by atoms with Crippen molar-refractivity contribution in [3.8, 4) is 0 Å². The van der Waals surface area contributed by atoms with Crippen LogP contribution in [-0.4, -0.2) is 24.1 Å². The first-order chi connectivity index (χ1) is 14.5. The summed E-state index contributed by atoms with van der Waals surface area (Å²) in [6.07, 6.45) is 6.27. The molecule has 2 aromatic carbocycles. The van der Waals surface area contributed by atoms with Crippen molar-refractivity contribution >= 4 is 35.2 Å². The molecule has 2 aromatic rings. The van der Waals surface area contributed by atoms with E-state index < -0.39 is 0 Å². The van der Waals surface area contributed by atoms with Gasteiger partial charge in [-0.15, -0.1) is 11.8 Å². The van der Waals surface area contributed by atoms with Crippen molar-refractivity contribution in [3.05, 3.63) is 64.7 Å². The van der Waals surface area contributed by atoms with Gasteiger partial charge in [0.05, 0.1) is 17.4 Å². The highest BCUT2D eigenvalue weighted by molar-refractivity contribution is 8.00. The highest BCUT2D eigenvalue weighted by atomic mass is 35.5. The van der Waals surface area contributed by atoms with Gasteiger partial charge in [-0.05, 0) is 55.5 Å². The standard InChI is InChI=1S/C24H29ClN2O2S/c1-17(19-10-7-11-20(25)14-19)27-24(29)21-12-5-6-13-22(21)30-16-23(28)26-15-18-8-3-2-4-9-18/h5-7,10-14,17-18H,2-4,8-9,15-16H2,1H3,(H,26,28)(H,27,29). The first kappa shape index (κ1) is 22.7. The average Bonchev–Trinajstić information content (AvgIpc) is 2.77. The number of benzene rings is 2. The van der Waals surface area contributed by atoms with Gasteiger partial charge in [-0.1, -0.05) is 55.1 Å². The summed E-state index contributed by atoms with van der Waals surface area (Å²) in [7, 11) is 0. The average molecular weight is 445 g/mol. The molecular formula is C24H29ClN2O2S. The van der Waals surface area contributed by atoms with Gasteiger partial charge >= 0.3 is 0 Å². The molecule has 1 unspecified atom stereocenters. The summed E-state index contributed by atoms with van der Waals surface area (Å²) in [6.45, 7) is 2.69. The van der Waals surface area contributed by atoms with E-state index in [2.05, 4.69) is 10.6 Å². The van der Waals surface area contributed by atoms with Gasteiger partial charge in [0.25, 0.3) is 5.91 Å². The van der Waals surface area contributed by atoms with E-state index >= 15 is 0 Å². The number of thioether (sulfide) groups is 1. The van der Waals surface area contributed by atoms with Crippen molar-refractivity contribution in [1.82, 2.24) is 10.6 Å². The molecule has 3 rings (SSSR count). The van der Waals surface area contributed by atoms with Crippen LogP contribution in [0.3, 0.4) is 0 Å². The van der Waals surface area contributed by atoms with E-state index in [0.29, 0.717) is 22.3 Å². The van der Waals surface area contributed by atoms with Gasteiger partial charge < -0.3 is 10.6 Å². The first-order valence-corrected chi connectivity index (χ1v) is 11.9. The van der Waals surface area contributed by atoms with Crippen molar-refractivity contribution < 1.29 is 9.59 Å². The van der Waals surface area contributed by atoms with Crippen molar-refractivity contribution in [2.75, 3.05) is 12.3 Å². The molecule has 2 N–H and O–H groups in total. The molecule has 0 aromatic heterocycles. The lowest BCUT2D eigenvalue weighted by Gasteiger charge is -2.21. The fourth-order valence-electron chi connectivity index (χ4n) is 3.76. The highest BCUT2D eigenvalue weighted by Gasteiger charge is 2.17. The van der Waals surface area contributed by atoms with E-state index in [1.165, 1.54) is 43.9 Å². The van der Waals surface area contributed by atoms with E-state index in [0.717, 1.165) is 17.0 Å². The van der Waals surface area contributed by atoms with E-state index in [-0.39, 0.29) is 17.9 Å². The summed E-state index contributed by atoms with van der Waals surface area (Å²) in [5.74, 6) is 0.779. The van der Waals surface area contributed by atoms with Gasteiger partial charge in [-0.2, -0.15) is 0 Å². The van der Waals surface area contributed by atoms with Gasteiger partial charge in [0, 0.05) is 16.5 Å². The SMILES string of the molecule is CC(NC(=O)c1ccccc1SCC(=O)NCC1CCCCC1)c1cccc(Cl)c1. The molecule has 1 atom stereocenters. The minimum Gasteiger partial charge on any atom is -0.355 e. The molecule has 30 heavy (non-hydrogen) atoms. The molecule has 0 heterocycles. The van der Waals surface area contributed by atoms with Crippen LogP contribution < -0.4 is 10.6 Å². The number of rotatable bonds is 8. The molecule has 2 amide bonds. The minimum atomic E-state index is -0.173. The lowest BCUT2D eigenvalue weighted by molar-refractivity contribution is -0.118. The Kier molecular flexibility index (Phi) is 8.64. The quantitative estimate of drug-likeness (QED) is 0.519. The fourth-order valence-corrected chi connectivity index (χ4v) is 4.84. The number of hydrogen-bond donors (Lipinski definition) is 2. The van der Waals surface area contributed by atoms with Crippen molar-refractivity contribution in [3.63, 3.8) is 0 Å². The molecule has 1 saturated carbocycles. The second-order valence-corrected chi connectivity index (χ2v) is 9.30. The lowest BCUT2D eigenvalue weighted by atomic mass is 9.89. The third-order valence-electron chi connectivity index (χ3n) is 5.50. The molecule has 160 valence electrons. The third-order valence-corrected chi connectivity index (χ3v) is 6.81. The number of nitrogens with one attached hydrogen (secondary N) is 2. The summed E-state index contributed by atoms with van der Waals surface area (Å²) < 4.78 is 0. The number of amides is 2. The monoisotopic (exact) mass is 444 g/mol. The largest absolute Gasteiger partial charge is 0.355 e. The number of carbonyl (C=O) groups excluding carboxylic acids is 2. The summed E-state index contributed by atoms with van der Waals surface area (Å²) >= 11 is 7.46. The first-order valence-electron chi connectivity index (χ1n) is 10.6. The Labute approximate surface area is 188 Å². The number of carbonyl (C=O) groups is 2. The maximum atomic E-state index is 12.9. The molecule has 0 bridgehead atoms. The zero-order valence-corrected chi connectivity index (χ0v) is 18.9. The second kappa shape index (κ2) is 11.4. The summed E-state index contributed by atoms with van der Waals surface area (Å²) in [4.78, 5) is 25.9. The Morgan fingerprint density at radius 2 is 1.87 bits per heavy atom. The van der Waals surface area contributed by atoms with Crippen LogP contribution in [0, 0.1) is 5.92 Å².